The predicted molar refractivity (Wildman–Crippen MR) is 122 cm³/mol. The van der Waals surface area contributed by atoms with E-state index in [1.165, 1.54) is 18.3 Å². The average molecular weight is 447 g/mol. The summed E-state index contributed by atoms with van der Waals surface area (Å²) in [6, 6.07) is 15.0. The number of aliphatic hydroxyl groups excluding tert-OH is 1. The Balaban J connectivity index is 1.87. The van der Waals surface area contributed by atoms with E-state index in [1.54, 1.807) is 42.5 Å². The van der Waals surface area contributed by atoms with Gasteiger partial charge < -0.3 is 23.9 Å². The Kier molecular flexibility index (Phi) is 6.22. The van der Waals surface area contributed by atoms with Crippen LogP contribution in [0.1, 0.15) is 35.4 Å². The van der Waals surface area contributed by atoms with Gasteiger partial charge in [-0.2, -0.15) is 0 Å². The standard InChI is InChI=1S/C26H25NO6/c1-4-32-20-12-11-18(14-21(20)31-3)23-22(24(28)17-9-7-16(2)8-10-17)25(29)26(30)27(23)15-19-6-5-13-33-19/h5-14,23,28H,4,15H2,1-3H3/b24-22+. The van der Waals surface area contributed by atoms with E-state index in [2.05, 4.69) is 0 Å². The number of hydrogen-bond donors (Lipinski definition) is 1. The lowest BCUT2D eigenvalue weighted by Gasteiger charge is -2.25. The van der Waals surface area contributed by atoms with Gasteiger partial charge in [0.15, 0.2) is 11.5 Å². The molecule has 1 aliphatic rings. The number of likely N-dealkylation sites (tertiary alicyclic amines) is 1. The largest absolute Gasteiger partial charge is 0.507 e. The van der Waals surface area contributed by atoms with Gasteiger partial charge in [0.1, 0.15) is 11.5 Å². The molecule has 1 amide bonds. The molecular formula is C26H25NO6. The third-order valence-corrected chi connectivity index (χ3v) is 5.57. The number of ether oxygens (including phenoxy) is 2. The molecule has 4 rings (SSSR count). The number of aliphatic hydroxyl groups is 1. The maximum atomic E-state index is 13.1. The maximum Gasteiger partial charge on any atom is 0.296 e. The highest BCUT2D eigenvalue weighted by atomic mass is 16.5. The van der Waals surface area contributed by atoms with Crippen LogP contribution in [0, 0.1) is 6.92 Å². The minimum absolute atomic E-state index is 0.0154. The molecule has 3 aromatic rings. The average Bonchev–Trinajstić information content (AvgIpc) is 3.42. The van der Waals surface area contributed by atoms with E-state index in [0.29, 0.717) is 35.0 Å². The minimum Gasteiger partial charge on any atom is -0.507 e. The van der Waals surface area contributed by atoms with Crippen molar-refractivity contribution in [2.24, 2.45) is 0 Å². The molecule has 0 spiro atoms. The molecule has 2 aromatic carbocycles. The number of aryl methyl sites for hydroxylation is 1. The fourth-order valence-corrected chi connectivity index (χ4v) is 3.96. The van der Waals surface area contributed by atoms with Crippen molar-refractivity contribution in [1.82, 2.24) is 4.90 Å². The van der Waals surface area contributed by atoms with Crippen LogP contribution < -0.4 is 9.47 Å². The molecule has 1 aromatic heterocycles. The molecule has 1 saturated heterocycles. The highest BCUT2D eigenvalue weighted by Crippen LogP contribution is 2.42. The SMILES string of the molecule is CCOc1ccc(C2/C(=C(\O)c3ccc(C)cc3)C(=O)C(=O)N2Cc2ccco2)cc1OC. The quantitative estimate of drug-likeness (QED) is 0.323. The van der Waals surface area contributed by atoms with Crippen molar-refractivity contribution < 1.29 is 28.6 Å². The van der Waals surface area contributed by atoms with Gasteiger partial charge in [-0.3, -0.25) is 9.59 Å². The summed E-state index contributed by atoms with van der Waals surface area (Å²) in [5, 5.41) is 11.1. The second kappa shape index (κ2) is 9.24. The van der Waals surface area contributed by atoms with Crippen molar-refractivity contribution in [2.45, 2.75) is 26.4 Å². The Labute approximate surface area is 191 Å². The normalized spacial score (nSPS) is 17.4. The maximum absolute atomic E-state index is 13.1. The second-order valence-electron chi connectivity index (χ2n) is 7.72. The number of furan rings is 1. The molecule has 0 radical (unpaired) electrons. The Bertz CT molecular complexity index is 1190. The lowest BCUT2D eigenvalue weighted by molar-refractivity contribution is -0.140. The zero-order valence-electron chi connectivity index (χ0n) is 18.7. The fraction of sp³-hybridized carbons (Fsp3) is 0.231. The number of ketones is 1. The number of hydrogen-bond acceptors (Lipinski definition) is 6. The summed E-state index contributed by atoms with van der Waals surface area (Å²) in [6.45, 7) is 4.33. The Morgan fingerprint density at radius 1 is 1.09 bits per heavy atom. The van der Waals surface area contributed by atoms with Gasteiger partial charge in [0.2, 0.25) is 0 Å². The Morgan fingerprint density at radius 3 is 2.48 bits per heavy atom. The van der Waals surface area contributed by atoms with E-state index < -0.39 is 17.7 Å². The third kappa shape index (κ3) is 4.22. The van der Waals surface area contributed by atoms with Gasteiger partial charge in [0.25, 0.3) is 11.7 Å². The lowest BCUT2D eigenvalue weighted by Crippen LogP contribution is -2.29. The molecule has 1 atom stereocenters. The molecule has 33 heavy (non-hydrogen) atoms. The number of carbonyl (C=O) groups excluding carboxylic acids is 2. The molecule has 7 nitrogen and oxygen atoms in total. The summed E-state index contributed by atoms with van der Waals surface area (Å²) in [7, 11) is 1.52. The van der Waals surface area contributed by atoms with Crippen molar-refractivity contribution in [3.05, 3.63) is 88.9 Å². The highest BCUT2D eigenvalue weighted by molar-refractivity contribution is 6.46. The van der Waals surface area contributed by atoms with E-state index in [0.717, 1.165) is 5.56 Å². The summed E-state index contributed by atoms with van der Waals surface area (Å²) >= 11 is 0. The molecular weight excluding hydrogens is 422 g/mol. The number of rotatable bonds is 7. The van der Waals surface area contributed by atoms with Crippen molar-refractivity contribution >= 4 is 17.4 Å². The first-order chi connectivity index (χ1) is 15.9. The van der Waals surface area contributed by atoms with Crippen LogP contribution in [0.4, 0.5) is 0 Å². The summed E-state index contributed by atoms with van der Waals surface area (Å²) < 4.78 is 16.5. The van der Waals surface area contributed by atoms with E-state index in [4.69, 9.17) is 13.9 Å². The Hall–Kier alpha value is -4.00. The zero-order valence-corrected chi connectivity index (χ0v) is 18.7. The molecule has 2 heterocycles. The van der Waals surface area contributed by atoms with Crippen LogP contribution in [-0.2, 0) is 16.1 Å². The van der Waals surface area contributed by atoms with Gasteiger partial charge in [-0.15, -0.1) is 0 Å². The smallest absolute Gasteiger partial charge is 0.296 e. The molecule has 0 aliphatic carbocycles. The van der Waals surface area contributed by atoms with E-state index in [1.807, 2.05) is 26.0 Å². The van der Waals surface area contributed by atoms with Crippen LogP contribution in [-0.4, -0.2) is 35.4 Å². The highest BCUT2D eigenvalue weighted by Gasteiger charge is 2.46. The molecule has 1 fully saturated rings. The van der Waals surface area contributed by atoms with Crippen LogP contribution in [0.5, 0.6) is 11.5 Å². The first kappa shape index (κ1) is 22.2. The van der Waals surface area contributed by atoms with Crippen LogP contribution >= 0.6 is 0 Å². The summed E-state index contributed by atoms with van der Waals surface area (Å²) in [5.41, 5.74) is 2.09. The molecule has 1 N–H and O–H groups in total. The topological polar surface area (TPSA) is 89.2 Å². The molecule has 0 bridgehead atoms. The second-order valence-corrected chi connectivity index (χ2v) is 7.72. The van der Waals surface area contributed by atoms with Crippen LogP contribution in [0.25, 0.3) is 5.76 Å². The van der Waals surface area contributed by atoms with Crippen molar-refractivity contribution in [1.29, 1.82) is 0 Å². The van der Waals surface area contributed by atoms with Crippen molar-refractivity contribution in [2.75, 3.05) is 13.7 Å². The first-order valence-corrected chi connectivity index (χ1v) is 10.6. The summed E-state index contributed by atoms with van der Waals surface area (Å²) in [6.07, 6.45) is 1.51. The third-order valence-electron chi connectivity index (χ3n) is 5.57. The molecule has 0 saturated carbocycles. The first-order valence-electron chi connectivity index (χ1n) is 10.6. The summed E-state index contributed by atoms with van der Waals surface area (Å²) in [4.78, 5) is 27.6. The van der Waals surface area contributed by atoms with Gasteiger partial charge in [-0.1, -0.05) is 35.9 Å². The monoisotopic (exact) mass is 447 g/mol. The van der Waals surface area contributed by atoms with Gasteiger partial charge >= 0.3 is 0 Å². The van der Waals surface area contributed by atoms with Crippen molar-refractivity contribution in [3.63, 3.8) is 0 Å². The molecule has 1 unspecified atom stereocenters. The molecule has 7 heteroatoms. The predicted octanol–water partition coefficient (Wildman–Crippen LogP) is 4.62. The van der Waals surface area contributed by atoms with E-state index in [-0.39, 0.29) is 17.9 Å². The fourth-order valence-electron chi connectivity index (χ4n) is 3.96. The van der Waals surface area contributed by atoms with Crippen LogP contribution in [0.2, 0.25) is 0 Å². The van der Waals surface area contributed by atoms with E-state index in [9.17, 15) is 14.7 Å². The molecule has 1 aliphatic heterocycles. The zero-order chi connectivity index (χ0) is 23.5. The van der Waals surface area contributed by atoms with Crippen molar-refractivity contribution in [3.8, 4) is 11.5 Å². The number of Topliss-reactive ketones (excluding diaryl/α,β-unsaturated/α-hetero) is 1. The number of nitrogens with zero attached hydrogens (tertiary/aromatic N) is 1. The number of benzene rings is 2. The number of methoxy groups -OCH3 is 1. The van der Waals surface area contributed by atoms with Gasteiger partial charge in [-0.05, 0) is 43.7 Å². The van der Waals surface area contributed by atoms with Gasteiger partial charge in [0.05, 0.1) is 38.1 Å². The van der Waals surface area contributed by atoms with Gasteiger partial charge in [0, 0.05) is 5.56 Å². The number of carbonyl (C=O) groups is 2. The van der Waals surface area contributed by atoms with Crippen LogP contribution in [0.3, 0.4) is 0 Å². The molecule has 170 valence electrons. The minimum atomic E-state index is -0.832. The lowest BCUT2D eigenvalue weighted by atomic mass is 9.94. The van der Waals surface area contributed by atoms with Crippen LogP contribution in [0.15, 0.2) is 70.9 Å². The Morgan fingerprint density at radius 2 is 1.85 bits per heavy atom. The van der Waals surface area contributed by atoms with Gasteiger partial charge in [-0.25, -0.2) is 0 Å². The summed E-state index contributed by atoms with van der Waals surface area (Å²) in [5.74, 6) is -0.155. The number of amides is 1. The van der Waals surface area contributed by atoms with E-state index >= 15 is 0 Å².